The second-order valence-corrected chi connectivity index (χ2v) is 8.14. The highest BCUT2D eigenvalue weighted by Gasteiger charge is 2.28. The van der Waals surface area contributed by atoms with E-state index < -0.39 is 4.92 Å². The maximum atomic E-state index is 13.2. The number of piperazine rings is 1. The molecule has 0 radical (unpaired) electrons. The first-order valence-corrected chi connectivity index (χ1v) is 11.6. The molecule has 33 heavy (non-hydrogen) atoms. The SMILES string of the molecule is CCOc1cc(C(=O)N2CCN(C(=O)c3ccc([N+](=O)[O-])s3)CC2)cc(OCC)c1OCC. The van der Waals surface area contributed by atoms with Gasteiger partial charge in [-0.15, -0.1) is 0 Å². The summed E-state index contributed by atoms with van der Waals surface area (Å²) in [5.41, 5.74) is 0.416. The second kappa shape index (κ2) is 11.0. The Labute approximate surface area is 195 Å². The molecule has 0 spiro atoms. The summed E-state index contributed by atoms with van der Waals surface area (Å²) in [6.45, 7) is 8.17. The first kappa shape index (κ1) is 24.3. The first-order chi connectivity index (χ1) is 15.9. The number of nitrogens with zero attached hydrogens (tertiary/aromatic N) is 3. The summed E-state index contributed by atoms with van der Waals surface area (Å²) in [5.74, 6) is 0.902. The molecule has 1 aromatic heterocycles. The number of carbonyl (C=O) groups is 2. The molecule has 0 N–H and O–H groups in total. The number of rotatable bonds is 9. The Morgan fingerprint density at radius 2 is 1.42 bits per heavy atom. The Balaban J connectivity index is 1.73. The van der Waals surface area contributed by atoms with E-state index in [0.29, 0.717) is 73.7 Å². The molecule has 3 rings (SSSR count). The van der Waals surface area contributed by atoms with Gasteiger partial charge in [0.1, 0.15) is 0 Å². The van der Waals surface area contributed by atoms with Crippen LogP contribution >= 0.6 is 11.3 Å². The summed E-state index contributed by atoms with van der Waals surface area (Å²) >= 11 is 0.854. The summed E-state index contributed by atoms with van der Waals surface area (Å²) in [6.07, 6.45) is 0. The molecule has 1 fully saturated rings. The topological polar surface area (TPSA) is 111 Å². The van der Waals surface area contributed by atoms with Crippen molar-refractivity contribution in [2.75, 3.05) is 46.0 Å². The summed E-state index contributed by atoms with van der Waals surface area (Å²) in [5, 5.41) is 10.8. The van der Waals surface area contributed by atoms with Crippen LogP contribution in [0, 0.1) is 10.1 Å². The maximum Gasteiger partial charge on any atom is 0.324 e. The predicted octanol–water partition coefficient (Wildman–Crippen LogP) is 3.45. The monoisotopic (exact) mass is 477 g/mol. The minimum atomic E-state index is -0.512. The zero-order chi connectivity index (χ0) is 24.0. The van der Waals surface area contributed by atoms with Crippen molar-refractivity contribution in [3.8, 4) is 17.2 Å². The van der Waals surface area contributed by atoms with Gasteiger partial charge < -0.3 is 24.0 Å². The van der Waals surface area contributed by atoms with Crippen molar-refractivity contribution in [3.05, 3.63) is 44.8 Å². The average Bonchev–Trinajstić information content (AvgIpc) is 3.31. The third kappa shape index (κ3) is 5.54. The summed E-state index contributed by atoms with van der Waals surface area (Å²) < 4.78 is 17.1. The summed E-state index contributed by atoms with van der Waals surface area (Å²) in [6, 6.07) is 6.10. The van der Waals surface area contributed by atoms with E-state index >= 15 is 0 Å². The lowest BCUT2D eigenvalue weighted by atomic mass is 10.1. The largest absolute Gasteiger partial charge is 0.490 e. The van der Waals surface area contributed by atoms with Crippen molar-refractivity contribution in [2.24, 2.45) is 0 Å². The number of ether oxygens (including phenoxy) is 3. The van der Waals surface area contributed by atoms with Crippen molar-refractivity contribution >= 4 is 28.2 Å². The van der Waals surface area contributed by atoms with Crippen molar-refractivity contribution in [2.45, 2.75) is 20.8 Å². The molecule has 10 nitrogen and oxygen atoms in total. The van der Waals surface area contributed by atoms with E-state index in [1.807, 2.05) is 20.8 Å². The molecule has 1 aromatic carbocycles. The predicted molar refractivity (Wildman–Crippen MR) is 123 cm³/mol. The van der Waals surface area contributed by atoms with Gasteiger partial charge in [0.25, 0.3) is 11.8 Å². The van der Waals surface area contributed by atoms with Crippen LogP contribution in [0.1, 0.15) is 40.8 Å². The minimum absolute atomic E-state index is 0.0714. The Bertz CT molecular complexity index is 988. The first-order valence-electron chi connectivity index (χ1n) is 10.8. The molecule has 0 bridgehead atoms. The molecule has 2 aromatic rings. The zero-order valence-electron chi connectivity index (χ0n) is 18.9. The average molecular weight is 478 g/mol. The van der Waals surface area contributed by atoms with Crippen LogP contribution in [-0.4, -0.2) is 72.5 Å². The van der Waals surface area contributed by atoms with E-state index in [9.17, 15) is 19.7 Å². The molecule has 0 atom stereocenters. The van der Waals surface area contributed by atoms with Crippen molar-refractivity contribution in [3.63, 3.8) is 0 Å². The molecule has 1 saturated heterocycles. The fraction of sp³-hybridized carbons (Fsp3) is 0.455. The lowest BCUT2D eigenvalue weighted by Crippen LogP contribution is -2.50. The number of hydrogen-bond acceptors (Lipinski definition) is 8. The van der Waals surface area contributed by atoms with Gasteiger partial charge in [-0.25, -0.2) is 0 Å². The van der Waals surface area contributed by atoms with Crippen LogP contribution in [-0.2, 0) is 0 Å². The van der Waals surface area contributed by atoms with Crippen molar-refractivity contribution < 1.29 is 28.7 Å². The zero-order valence-corrected chi connectivity index (χ0v) is 19.7. The fourth-order valence-corrected chi connectivity index (χ4v) is 4.29. The van der Waals surface area contributed by atoms with Gasteiger partial charge in [-0.2, -0.15) is 0 Å². The van der Waals surface area contributed by atoms with Crippen LogP contribution < -0.4 is 14.2 Å². The van der Waals surface area contributed by atoms with E-state index in [1.54, 1.807) is 21.9 Å². The normalized spacial score (nSPS) is 13.5. The Morgan fingerprint density at radius 3 is 1.88 bits per heavy atom. The molecule has 1 aliphatic heterocycles. The molecule has 1 aliphatic rings. The van der Waals surface area contributed by atoms with Gasteiger partial charge in [0.2, 0.25) is 5.75 Å². The standard InChI is InChI=1S/C22H27N3O7S/c1-4-30-16-13-15(14-17(31-5-2)20(16)32-6-3)21(26)23-9-11-24(12-10-23)22(27)18-7-8-19(33-18)25(28)29/h7-8,13-14H,4-6,9-12H2,1-3H3. The molecule has 11 heteroatoms. The van der Waals surface area contributed by atoms with Crippen molar-refractivity contribution in [1.82, 2.24) is 9.80 Å². The van der Waals surface area contributed by atoms with Crippen LogP contribution in [0.25, 0.3) is 0 Å². The number of nitro groups is 1. The maximum absolute atomic E-state index is 13.2. The van der Waals surface area contributed by atoms with Crippen LogP contribution in [0.5, 0.6) is 17.2 Å². The van der Waals surface area contributed by atoms with E-state index in [1.165, 1.54) is 12.1 Å². The van der Waals surface area contributed by atoms with Gasteiger partial charge in [-0.3, -0.25) is 19.7 Å². The highest BCUT2D eigenvalue weighted by molar-refractivity contribution is 7.17. The molecular formula is C22H27N3O7S. The van der Waals surface area contributed by atoms with E-state index in [0.717, 1.165) is 11.3 Å². The number of carbonyl (C=O) groups excluding carboxylic acids is 2. The molecular weight excluding hydrogens is 450 g/mol. The molecule has 0 aliphatic carbocycles. The van der Waals surface area contributed by atoms with Crippen LogP contribution in [0.15, 0.2) is 24.3 Å². The minimum Gasteiger partial charge on any atom is -0.490 e. The number of amides is 2. The third-order valence-corrected chi connectivity index (χ3v) is 6.02. The number of benzene rings is 1. The highest BCUT2D eigenvalue weighted by atomic mass is 32.1. The van der Waals surface area contributed by atoms with Crippen LogP contribution in [0.2, 0.25) is 0 Å². The summed E-state index contributed by atoms with van der Waals surface area (Å²) in [7, 11) is 0. The Morgan fingerprint density at radius 1 is 0.909 bits per heavy atom. The van der Waals surface area contributed by atoms with Gasteiger partial charge in [0, 0.05) is 37.8 Å². The Hall–Kier alpha value is -3.34. The van der Waals surface area contributed by atoms with Crippen LogP contribution in [0.4, 0.5) is 5.00 Å². The van der Waals surface area contributed by atoms with Crippen molar-refractivity contribution in [1.29, 1.82) is 0 Å². The summed E-state index contributed by atoms with van der Waals surface area (Å²) in [4.78, 5) is 39.8. The number of hydrogen-bond donors (Lipinski definition) is 0. The molecule has 2 amide bonds. The molecule has 2 heterocycles. The second-order valence-electron chi connectivity index (χ2n) is 7.08. The van der Waals surface area contributed by atoms with Gasteiger partial charge in [-0.05, 0) is 39.0 Å². The van der Waals surface area contributed by atoms with Crippen LogP contribution in [0.3, 0.4) is 0 Å². The van der Waals surface area contributed by atoms with Gasteiger partial charge in [-0.1, -0.05) is 11.3 Å². The van der Waals surface area contributed by atoms with Gasteiger partial charge >= 0.3 is 5.00 Å². The molecule has 0 saturated carbocycles. The number of thiophene rings is 1. The lowest BCUT2D eigenvalue weighted by Gasteiger charge is -2.34. The van der Waals surface area contributed by atoms with E-state index in [-0.39, 0.29) is 16.8 Å². The third-order valence-electron chi connectivity index (χ3n) is 4.99. The Kier molecular flexibility index (Phi) is 8.10. The highest BCUT2D eigenvalue weighted by Crippen LogP contribution is 2.39. The van der Waals surface area contributed by atoms with E-state index in [2.05, 4.69) is 0 Å². The van der Waals surface area contributed by atoms with Gasteiger partial charge in [0.05, 0.1) is 29.6 Å². The molecule has 178 valence electrons. The van der Waals surface area contributed by atoms with E-state index in [4.69, 9.17) is 14.2 Å². The fourth-order valence-electron chi connectivity index (χ4n) is 3.50. The van der Waals surface area contributed by atoms with Gasteiger partial charge in [0.15, 0.2) is 11.5 Å². The molecule has 0 unspecified atom stereocenters. The smallest absolute Gasteiger partial charge is 0.324 e. The quantitative estimate of drug-likeness (QED) is 0.402. The lowest BCUT2D eigenvalue weighted by molar-refractivity contribution is -0.380.